The number of aromatic hydroxyl groups is 3. The van der Waals surface area contributed by atoms with Crippen LogP contribution in [-0.4, -0.2) is 161 Å². The lowest BCUT2D eigenvalue weighted by molar-refractivity contribution is -0.160. The number of carbonyl (C=O) groups excluding carboxylic acids is 5. The number of nitrogens with zero attached hydrogens (tertiary/aromatic N) is 3. The third kappa shape index (κ3) is 11.7. The highest BCUT2D eigenvalue weighted by Crippen LogP contribution is 2.57. The van der Waals surface area contributed by atoms with E-state index in [-0.39, 0.29) is 63.1 Å². The second kappa shape index (κ2) is 23.6. The van der Waals surface area contributed by atoms with Crippen molar-refractivity contribution in [3.63, 3.8) is 0 Å². The number of nitrogens with one attached hydrogen (secondary N) is 2. The first-order chi connectivity index (χ1) is 34.8. The number of ketones is 2. The van der Waals surface area contributed by atoms with E-state index in [1.165, 1.54) is 66.3 Å². The number of benzene rings is 2. The maximum absolute atomic E-state index is 14.6. The number of allylic oxidation sites excluding steroid dienone is 2. The fraction of sp³-hybridized carbons (Fsp3) is 0.540. The summed E-state index contributed by atoms with van der Waals surface area (Å²) in [5, 5.41) is 88.5. The molecule has 3 aromatic rings. The Hall–Kier alpha value is -6.12. The first kappa shape index (κ1) is 57.2. The van der Waals surface area contributed by atoms with E-state index < -0.39 is 137 Å². The summed E-state index contributed by atoms with van der Waals surface area (Å²) in [5.74, 6) is -10.4. The molecule has 404 valence electrons. The molecule has 74 heavy (non-hydrogen) atoms. The molecule has 4 aliphatic heterocycles. The number of anilines is 1. The van der Waals surface area contributed by atoms with Gasteiger partial charge in [0.25, 0.3) is 11.7 Å². The Morgan fingerprint density at radius 2 is 1.62 bits per heavy atom. The maximum atomic E-state index is 14.6. The summed E-state index contributed by atoms with van der Waals surface area (Å²) >= 11 is 0.864. The molecule has 1 fully saturated rings. The van der Waals surface area contributed by atoms with Crippen molar-refractivity contribution in [2.45, 2.75) is 122 Å². The van der Waals surface area contributed by atoms with Gasteiger partial charge in [0.2, 0.25) is 11.7 Å². The molecule has 7 rings (SSSR count). The molecule has 0 spiro atoms. The molecule has 0 saturated carbocycles. The third-order valence-electron chi connectivity index (χ3n) is 13.6. The van der Waals surface area contributed by atoms with Crippen molar-refractivity contribution in [1.29, 1.82) is 0 Å². The SMILES string of the molecule is CO[C@H]1/C=C/O[C@@]2(C)Oc3c(C)c(O)c4c(O)c(c(SCCNC(=O)COC[C@H]5O[C@@H](n6cnc(C(C)=O)n6)[C@H](O)[C@@H]5O)c(O)c4c3C2=O)NC(=O)/C(C)=C\C=C\[C@@H](C)[C@H](O)[C@@H](C)[C@H](O)[C@H](C)[C@H](OC(C)=O)[C@@H]1C. The first-order valence-corrected chi connectivity index (χ1v) is 24.8. The van der Waals surface area contributed by atoms with Gasteiger partial charge in [-0.05, 0) is 19.9 Å². The van der Waals surface area contributed by atoms with E-state index >= 15 is 0 Å². The Bertz CT molecular complexity index is 2730. The lowest BCUT2D eigenvalue weighted by atomic mass is 9.78. The molecule has 0 radical (unpaired) electrons. The van der Waals surface area contributed by atoms with E-state index in [4.69, 9.17) is 28.4 Å². The molecule has 1 aromatic heterocycles. The summed E-state index contributed by atoms with van der Waals surface area (Å²) in [6.45, 7) is 12.5. The van der Waals surface area contributed by atoms with Gasteiger partial charge in [-0.15, -0.1) is 16.9 Å². The molecule has 24 heteroatoms. The van der Waals surface area contributed by atoms with Crippen molar-refractivity contribution in [2.75, 3.05) is 37.9 Å². The van der Waals surface area contributed by atoms with Crippen LogP contribution in [0.5, 0.6) is 23.0 Å². The molecule has 0 aliphatic carbocycles. The predicted molar refractivity (Wildman–Crippen MR) is 264 cm³/mol. The van der Waals surface area contributed by atoms with Crippen LogP contribution < -0.4 is 15.4 Å². The van der Waals surface area contributed by atoms with Gasteiger partial charge in [0.15, 0.2) is 17.8 Å². The monoisotopic (exact) mass is 1060 g/mol. The third-order valence-corrected chi connectivity index (χ3v) is 14.7. The predicted octanol–water partition coefficient (Wildman–Crippen LogP) is 3.09. The summed E-state index contributed by atoms with van der Waals surface area (Å²) in [4.78, 5) is 69.1. The van der Waals surface area contributed by atoms with Gasteiger partial charge in [0.05, 0.1) is 47.0 Å². The number of hydrogen-bond acceptors (Lipinski definition) is 21. The lowest BCUT2D eigenvalue weighted by Crippen LogP contribution is -2.46. The van der Waals surface area contributed by atoms with Gasteiger partial charge in [0, 0.05) is 80.4 Å². The van der Waals surface area contributed by atoms with E-state index in [9.17, 15) is 59.7 Å². The minimum Gasteiger partial charge on any atom is -0.507 e. The number of ether oxygens (including phenoxy) is 6. The molecule has 1 saturated heterocycles. The number of amides is 2. The van der Waals surface area contributed by atoms with Crippen LogP contribution in [-0.2, 0) is 38.1 Å². The summed E-state index contributed by atoms with van der Waals surface area (Å²) in [7, 11) is 1.40. The zero-order valence-corrected chi connectivity index (χ0v) is 43.4. The molecule has 13 atom stereocenters. The average Bonchev–Trinajstić information content (AvgIpc) is 4.04. The molecule has 23 nitrogen and oxygen atoms in total. The Labute approximate surface area is 430 Å². The van der Waals surface area contributed by atoms with Crippen LogP contribution >= 0.6 is 11.8 Å². The van der Waals surface area contributed by atoms with Gasteiger partial charge in [-0.2, -0.15) is 0 Å². The highest BCUT2D eigenvalue weighted by Gasteiger charge is 2.50. The molecule has 5 bridgehead atoms. The minimum absolute atomic E-state index is 0.0182. The summed E-state index contributed by atoms with van der Waals surface area (Å²) in [6.07, 6.45) is -0.893. The van der Waals surface area contributed by atoms with Crippen LogP contribution in [0, 0.1) is 30.6 Å². The molecule has 2 aromatic carbocycles. The second-order valence-electron chi connectivity index (χ2n) is 18.9. The van der Waals surface area contributed by atoms with Crippen molar-refractivity contribution >= 4 is 57.6 Å². The number of phenolic OH excluding ortho intramolecular Hbond substituents is 3. The van der Waals surface area contributed by atoms with Crippen LogP contribution in [0.4, 0.5) is 5.69 Å². The molecule has 5 heterocycles. The first-order valence-electron chi connectivity index (χ1n) is 23.8. The highest BCUT2D eigenvalue weighted by atomic mass is 32.2. The summed E-state index contributed by atoms with van der Waals surface area (Å²) < 4.78 is 35.9. The number of thioether (sulfide) groups is 1. The smallest absolute Gasteiger partial charge is 0.312 e. The van der Waals surface area contributed by atoms with Gasteiger partial charge in [-0.25, -0.2) is 9.67 Å². The van der Waals surface area contributed by atoms with Crippen molar-refractivity contribution in [3.8, 4) is 23.0 Å². The Balaban J connectivity index is 1.29. The van der Waals surface area contributed by atoms with Crippen molar-refractivity contribution < 1.29 is 88.1 Å². The van der Waals surface area contributed by atoms with E-state index in [0.717, 1.165) is 22.7 Å². The lowest BCUT2D eigenvalue weighted by Gasteiger charge is -2.38. The van der Waals surface area contributed by atoms with Crippen molar-refractivity contribution in [2.24, 2.45) is 23.7 Å². The number of esters is 1. The summed E-state index contributed by atoms with van der Waals surface area (Å²) in [6, 6.07) is 0. The Kier molecular flexibility index (Phi) is 18.2. The normalized spacial score (nSPS) is 31.3. The van der Waals surface area contributed by atoms with Crippen LogP contribution in [0.25, 0.3) is 10.8 Å². The number of Topliss-reactive ketones (excluding diaryl/α,β-unsaturated/α-hetero) is 2. The second-order valence-corrected chi connectivity index (χ2v) is 20.0. The van der Waals surface area contributed by atoms with Crippen molar-refractivity contribution in [3.05, 3.63) is 59.4 Å². The quantitative estimate of drug-likeness (QED) is 0.0314. The molecular weight excluding hydrogens is 991 g/mol. The molecular formula is C50H65N5O18S. The van der Waals surface area contributed by atoms with Crippen molar-refractivity contribution in [1.82, 2.24) is 20.1 Å². The zero-order valence-electron chi connectivity index (χ0n) is 42.6. The number of phenols is 3. The van der Waals surface area contributed by atoms with E-state index in [2.05, 4.69) is 20.7 Å². The highest BCUT2D eigenvalue weighted by molar-refractivity contribution is 7.99. The zero-order chi connectivity index (χ0) is 54.7. The Morgan fingerprint density at radius 3 is 2.27 bits per heavy atom. The standard InChI is InChI=1S/C50H65N5O18S/c1-21-12-11-13-22(2)48(67)53-35-40(63)33-32(41(64)45(35)74-17-15-51-31(58)19-69-18-30-39(62)42(65)49(72-30)55-20-52-47(54-55)27(7)56)34-44(26(6)38(33)61)73-50(9,46(34)66)70-16-14-29(68-10)23(3)43(71-28(8)57)25(5)37(60)24(4)36(21)59/h11-14,16,20-21,23-25,29-30,36-37,39,42-43,49,59-65H,15,17-19H2,1-10H3,(H,51,58)(H,53,67)/b12-11+,16-14+,22-13-/t21-,23-,24-,25+,29+,30-,36+,37+,39-,42-,43-,49-,50+/m1/s1. The largest absolute Gasteiger partial charge is 0.507 e. The van der Waals surface area contributed by atoms with Crippen LogP contribution in [0.3, 0.4) is 0 Å². The average molecular weight is 1060 g/mol. The van der Waals surface area contributed by atoms with Gasteiger partial charge in [-0.3, -0.25) is 24.0 Å². The van der Waals surface area contributed by atoms with E-state index in [1.54, 1.807) is 33.8 Å². The number of aromatic nitrogens is 3. The number of fused-ring (bicyclic) bond motifs is 14. The van der Waals surface area contributed by atoms with Gasteiger partial charge in [0.1, 0.15) is 60.3 Å². The maximum Gasteiger partial charge on any atom is 0.312 e. The van der Waals surface area contributed by atoms with Crippen LogP contribution in [0.15, 0.2) is 47.4 Å². The number of methoxy groups -OCH3 is 1. The molecule has 0 unspecified atom stereocenters. The molecule has 4 aliphatic rings. The van der Waals surface area contributed by atoms with E-state index in [1.807, 2.05) is 0 Å². The van der Waals surface area contributed by atoms with Crippen LogP contribution in [0.2, 0.25) is 0 Å². The van der Waals surface area contributed by atoms with Gasteiger partial charge in [-0.1, -0.05) is 45.9 Å². The number of aliphatic hydroxyl groups is 4. The van der Waals surface area contributed by atoms with Gasteiger partial charge < -0.3 is 74.8 Å². The topological polar surface area (TPSA) is 337 Å². The number of aliphatic hydroxyl groups excluding tert-OH is 4. The number of carbonyl (C=O) groups is 5. The fourth-order valence-corrected chi connectivity index (χ4v) is 10.1. The van der Waals surface area contributed by atoms with Crippen LogP contribution in [0.1, 0.15) is 88.2 Å². The fourth-order valence-electron chi connectivity index (χ4n) is 9.14. The molecule has 2 amide bonds. The van der Waals surface area contributed by atoms with E-state index in [0.29, 0.717) is 0 Å². The van der Waals surface area contributed by atoms with Gasteiger partial charge >= 0.3 is 11.8 Å². The number of hydrogen-bond donors (Lipinski definition) is 9. The molecule has 9 N–H and O–H groups in total. The Morgan fingerprint density at radius 1 is 0.919 bits per heavy atom. The summed E-state index contributed by atoms with van der Waals surface area (Å²) in [5.41, 5.74) is -0.542. The minimum atomic E-state index is -2.13. The number of rotatable bonds is 12.